The average Bonchev–Trinajstić information content (AvgIpc) is 2.36. The van der Waals surface area contributed by atoms with Crippen molar-refractivity contribution >= 4 is 25.8 Å². The molecular formula is C12H16BrFN2O2S. The Hall–Kier alpha value is -0.500. The fourth-order valence-electron chi connectivity index (χ4n) is 2.28. The van der Waals surface area contributed by atoms with Crippen LogP contribution in [-0.4, -0.2) is 44.5 Å². The minimum atomic E-state index is -2.94. The summed E-state index contributed by atoms with van der Waals surface area (Å²) in [5.74, 6) is -0.0924. The zero-order valence-corrected chi connectivity index (χ0v) is 12.8. The highest BCUT2D eigenvalue weighted by Gasteiger charge is 2.28. The van der Waals surface area contributed by atoms with Crippen LogP contribution in [0.4, 0.5) is 4.39 Å². The van der Waals surface area contributed by atoms with Gasteiger partial charge in [0.2, 0.25) is 0 Å². The Balaban J connectivity index is 2.23. The number of benzene rings is 1. The molecule has 1 fully saturated rings. The van der Waals surface area contributed by atoms with Crippen LogP contribution in [0.25, 0.3) is 0 Å². The largest absolute Gasteiger partial charge is 0.329 e. The molecular weight excluding hydrogens is 335 g/mol. The van der Waals surface area contributed by atoms with E-state index in [2.05, 4.69) is 15.9 Å². The summed E-state index contributed by atoms with van der Waals surface area (Å²) in [5, 5.41) is 0. The summed E-state index contributed by atoms with van der Waals surface area (Å²) in [6.07, 6.45) is 0. The molecule has 0 bridgehead atoms. The maximum atomic E-state index is 13.9. The molecule has 1 atom stereocenters. The second-order valence-electron chi connectivity index (χ2n) is 4.61. The van der Waals surface area contributed by atoms with Gasteiger partial charge in [-0.3, -0.25) is 4.90 Å². The van der Waals surface area contributed by atoms with Crippen molar-refractivity contribution in [1.29, 1.82) is 0 Å². The van der Waals surface area contributed by atoms with Crippen molar-refractivity contribution in [3.05, 3.63) is 34.1 Å². The Morgan fingerprint density at radius 3 is 2.58 bits per heavy atom. The predicted octanol–water partition coefficient (Wildman–Crippen LogP) is 1.32. The molecule has 7 heteroatoms. The molecule has 19 heavy (non-hydrogen) atoms. The molecule has 4 nitrogen and oxygen atoms in total. The topological polar surface area (TPSA) is 63.4 Å². The smallest absolute Gasteiger partial charge is 0.152 e. The van der Waals surface area contributed by atoms with Gasteiger partial charge in [0.25, 0.3) is 0 Å². The fraction of sp³-hybridized carbons (Fsp3) is 0.500. The van der Waals surface area contributed by atoms with Crippen LogP contribution >= 0.6 is 15.9 Å². The minimum absolute atomic E-state index is 0.110. The normalized spacial score (nSPS) is 21.2. The SMILES string of the molecule is NCC(c1cc(Br)ccc1F)N1CCS(=O)(=O)CC1. The first kappa shape index (κ1) is 14.9. The second-order valence-corrected chi connectivity index (χ2v) is 7.82. The molecule has 2 rings (SSSR count). The van der Waals surface area contributed by atoms with E-state index in [1.165, 1.54) is 6.07 Å². The number of nitrogens with zero attached hydrogens (tertiary/aromatic N) is 1. The van der Waals surface area contributed by atoms with E-state index in [9.17, 15) is 12.8 Å². The average molecular weight is 351 g/mol. The van der Waals surface area contributed by atoms with Gasteiger partial charge in [-0.05, 0) is 18.2 Å². The van der Waals surface area contributed by atoms with Crippen molar-refractivity contribution in [2.45, 2.75) is 6.04 Å². The molecule has 1 aliphatic rings. The van der Waals surface area contributed by atoms with E-state index in [-0.39, 0.29) is 29.9 Å². The van der Waals surface area contributed by atoms with Crippen LogP contribution in [0.2, 0.25) is 0 Å². The van der Waals surface area contributed by atoms with Gasteiger partial charge in [-0.1, -0.05) is 15.9 Å². The van der Waals surface area contributed by atoms with Gasteiger partial charge in [0.15, 0.2) is 9.84 Å². The lowest BCUT2D eigenvalue weighted by Crippen LogP contribution is -2.44. The van der Waals surface area contributed by atoms with Crippen LogP contribution in [-0.2, 0) is 9.84 Å². The van der Waals surface area contributed by atoms with Crippen LogP contribution in [0.15, 0.2) is 22.7 Å². The van der Waals surface area contributed by atoms with E-state index in [1.54, 1.807) is 12.1 Å². The van der Waals surface area contributed by atoms with Crippen molar-refractivity contribution in [1.82, 2.24) is 4.90 Å². The van der Waals surface area contributed by atoms with Gasteiger partial charge in [0, 0.05) is 29.7 Å². The highest BCUT2D eigenvalue weighted by Crippen LogP contribution is 2.26. The van der Waals surface area contributed by atoms with Crippen LogP contribution < -0.4 is 5.73 Å². The third-order valence-electron chi connectivity index (χ3n) is 3.36. The van der Waals surface area contributed by atoms with Gasteiger partial charge in [0.1, 0.15) is 5.82 Å². The zero-order chi connectivity index (χ0) is 14.0. The van der Waals surface area contributed by atoms with E-state index >= 15 is 0 Å². The molecule has 1 aromatic rings. The van der Waals surface area contributed by atoms with Crippen molar-refractivity contribution in [3.63, 3.8) is 0 Å². The van der Waals surface area contributed by atoms with Crippen molar-refractivity contribution in [2.24, 2.45) is 5.73 Å². The van der Waals surface area contributed by atoms with E-state index in [1.807, 2.05) is 4.90 Å². The summed E-state index contributed by atoms with van der Waals surface area (Å²) in [5.41, 5.74) is 6.26. The van der Waals surface area contributed by atoms with Crippen molar-refractivity contribution in [3.8, 4) is 0 Å². The van der Waals surface area contributed by atoms with Gasteiger partial charge in [-0.15, -0.1) is 0 Å². The van der Waals surface area contributed by atoms with Gasteiger partial charge in [0.05, 0.1) is 17.5 Å². The first-order chi connectivity index (χ1) is 8.93. The molecule has 1 aliphatic heterocycles. The van der Waals surface area contributed by atoms with Gasteiger partial charge >= 0.3 is 0 Å². The lowest BCUT2D eigenvalue weighted by atomic mass is 10.0. The summed E-state index contributed by atoms with van der Waals surface area (Å²) >= 11 is 3.31. The molecule has 1 heterocycles. The maximum Gasteiger partial charge on any atom is 0.152 e. The van der Waals surface area contributed by atoms with Crippen LogP contribution in [0.3, 0.4) is 0 Å². The van der Waals surface area contributed by atoms with Crippen molar-refractivity contribution < 1.29 is 12.8 Å². The number of hydrogen-bond acceptors (Lipinski definition) is 4. The first-order valence-corrected chi connectivity index (χ1v) is 8.64. The summed E-state index contributed by atoms with van der Waals surface area (Å²) in [4.78, 5) is 1.94. The number of hydrogen-bond donors (Lipinski definition) is 1. The van der Waals surface area contributed by atoms with Gasteiger partial charge in [-0.25, -0.2) is 12.8 Å². The third-order valence-corrected chi connectivity index (χ3v) is 5.46. The standard InChI is InChI=1S/C12H16BrFN2O2S/c13-9-1-2-11(14)10(7-9)12(8-15)16-3-5-19(17,18)6-4-16/h1-2,7,12H,3-6,8,15H2. The number of halogens is 2. The Kier molecular flexibility index (Phi) is 4.60. The molecule has 106 valence electrons. The van der Waals surface area contributed by atoms with E-state index in [4.69, 9.17) is 5.73 Å². The molecule has 0 amide bonds. The summed E-state index contributed by atoms with van der Waals surface area (Å²) in [6, 6.07) is 4.44. The number of nitrogens with two attached hydrogens (primary N) is 1. The van der Waals surface area contributed by atoms with Gasteiger partial charge in [-0.2, -0.15) is 0 Å². The van der Waals surface area contributed by atoms with E-state index < -0.39 is 9.84 Å². The van der Waals surface area contributed by atoms with Crippen LogP contribution in [0, 0.1) is 5.82 Å². The Labute approximate surface area is 120 Å². The third kappa shape index (κ3) is 3.53. The maximum absolute atomic E-state index is 13.9. The van der Waals surface area contributed by atoms with E-state index in [0.717, 1.165) is 4.47 Å². The highest BCUT2D eigenvalue weighted by molar-refractivity contribution is 9.10. The number of rotatable bonds is 3. The first-order valence-electron chi connectivity index (χ1n) is 6.02. The molecule has 1 unspecified atom stereocenters. The molecule has 0 saturated carbocycles. The lowest BCUT2D eigenvalue weighted by molar-refractivity contribution is 0.214. The van der Waals surface area contributed by atoms with E-state index in [0.29, 0.717) is 18.7 Å². The van der Waals surface area contributed by atoms with Crippen LogP contribution in [0.5, 0.6) is 0 Å². The molecule has 2 N–H and O–H groups in total. The zero-order valence-electron chi connectivity index (χ0n) is 10.4. The molecule has 0 aliphatic carbocycles. The fourth-order valence-corrected chi connectivity index (χ4v) is 3.89. The Morgan fingerprint density at radius 1 is 1.37 bits per heavy atom. The van der Waals surface area contributed by atoms with Crippen molar-refractivity contribution in [2.75, 3.05) is 31.1 Å². The number of sulfone groups is 1. The van der Waals surface area contributed by atoms with Crippen LogP contribution in [0.1, 0.15) is 11.6 Å². The molecule has 1 saturated heterocycles. The quantitative estimate of drug-likeness (QED) is 0.892. The molecule has 0 radical (unpaired) electrons. The summed E-state index contributed by atoms with van der Waals surface area (Å²) < 4.78 is 37.5. The lowest BCUT2D eigenvalue weighted by Gasteiger charge is -2.34. The summed E-state index contributed by atoms with van der Waals surface area (Å²) in [6.45, 7) is 1.06. The molecule has 0 spiro atoms. The highest BCUT2D eigenvalue weighted by atomic mass is 79.9. The molecule has 1 aromatic carbocycles. The summed E-state index contributed by atoms with van der Waals surface area (Å²) in [7, 11) is -2.94. The Bertz CT molecular complexity index is 551. The predicted molar refractivity (Wildman–Crippen MR) is 76.1 cm³/mol. The molecule has 0 aromatic heterocycles. The Morgan fingerprint density at radius 2 is 2.00 bits per heavy atom. The van der Waals surface area contributed by atoms with Gasteiger partial charge < -0.3 is 5.73 Å². The minimum Gasteiger partial charge on any atom is -0.329 e. The second kappa shape index (κ2) is 5.87. The monoisotopic (exact) mass is 350 g/mol.